The second-order valence-corrected chi connectivity index (χ2v) is 4.37. The first-order chi connectivity index (χ1) is 9.69. The standard InChI is InChI=1S/C14H13N3O3/c1-2-20-13(19)8-9-7-12(18)17-11-6-4-3-5-10(11)16-14(17)15-9/h3-7H,2,8H2,1H3,(H,15,16). The highest BCUT2D eigenvalue weighted by Gasteiger charge is 2.11. The van der Waals surface area contributed by atoms with E-state index in [0.29, 0.717) is 18.1 Å². The molecule has 0 atom stereocenters. The first-order valence-electron chi connectivity index (χ1n) is 6.34. The number of carbonyl (C=O) groups is 1. The van der Waals surface area contributed by atoms with Crippen molar-refractivity contribution in [2.75, 3.05) is 6.61 Å². The second kappa shape index (κ2) is 4.80. The van der Waals surface area contributed by atoms with Crippen molar-refractivity contribution < 1.29 is 9.53 Å². The predicted molar refractivity (Wildman–Crippen MR) is 73.7 cm³/mol. The normalized spacial score (nSPS) is 11.1. The van der Waals surface area contributed by atoms with E-state index in [1.54, 1.807) is 6.92 Å². The fourth-order valence-electron chi connectivity index (χ4n) is 2.19. The largest absolute Gasteiger partial charge is 0.466 e. The number of nitrogens with zero attached hydrogens (tertiary/aromatic N) is 2. The zero-order valence-corrected chi connectivity index (χ0v) is 10.9. The van der Waals surface area contributed by atoms with Crippen LogP contribution in [0.5, 0.6) is 0 Å². The Hall–Kier alpha value is -2.63. The number of nitrogens with one attached hydrogen (secondary N) is 1. The number of aromatic amines is 1. The third-order valence-electron chi connectivity index (χ3n) is 2.99. The van der Waals surface area contributed by atoms with E-state index in [0.717, 1.165) is 11.0 Å². The van der Waals surface area contributed by atoms with Gasteiger partial charge in [-0.2, -0.15) is 0 Å². The third-order valence-corrected chi connectivity index (χ3v) is 2.99. The molecule has 0 bridgehead atoms. The van der Waals surface area contributed by atoms with Crippen LogP contribution in [0, 0.1) is 0 Å². The highest BCUT2D eigenvalue weighted by molar-refractivity contribution is 5.79. The maximum atomic E-state index is 12.2. The third kappa shape index (κ3) is 2.05. The molecular formula is C14H13N3O3. The van der Waals surface area contributed by atoms with Crippen molar-refractivity contribution in [3.05, 3.63) is 46.4 Å². The van der Waals surface area contributed by atoms with Gasteiger partial charge < -0.3 is 9.72 Å². The summed E-state index contributed by atoms with van der Waals surface area (Å²) in [5, 5.41) is 0. The van der Waals surface area contributed by atoms with E-state index in [2.05, 4.69) is 9.97 Å². The first kappa shape index (κ1) is 12.4. The quantitative estimate of drug-likeness (QED) is 0.728. The molecule has 2 heterocycles. The van der Waals surface area contributed by atoms with Crippen molar-refractivity contribution in [2.45, 2.75) is 13.3 Å². The van der Waals surface area contributed by atoms with E-state index in [1.807, 2.05) is 24.3 Å². The summed E-state index contributed by atoms with van der Waals surface area (Å²) in [6.45, 7) is 2.06. The molecule has 0 unspecified atom stereocenters. The molecule has 1 aromatic carbocycles. The minimum absolute atomic E-state index is 0.0305. The smallest absolute Gasteiger partial charge is 0.311 e. The topological polar surface area (TPSA) is 76.5 Å². The van der Waals surface area contributed by atoms with Gasteiger partial charge in [-0.15, -0.1) is 0 Å². The van der Waals surface area contributed by atoms with Crippen LogP contribution in [0.1, 0.15) is 12.6 Å². The molecule has 0 aliphatic heterocycles. The molecule has 0 aliphatic rings. The van der Waals surface area contributed by atoms with Crippen LogP contribution in [0.25, 0.3) is 16.8 Å². The molecule has 0 saturated carbocycles. The summed E-state index contributed by atoms with van der Waals surface area (Å²) in [5.41, 5.74) is 1.75. The van der Waals surface area contributed by atoms with Gasteiger partial charge in [0.25, 0.3) is 5.56 Å². The molecule has 20 heavy (non-hydrogen) atoms. The number of para-hydroxylation sites is 2. The predicted octanol–water partition coefficient (Wildman–Crippen LogP) is 1.28. The zero-order chi connectivity index (χ0) is 14.1. The molecule has 1 N–H and O–H groups in total. The summed E-state index contributed by atoms with van der Waals surface area (Å²) in [5.74, 6) is 0.0570. The van der Waals surface area contributed by atoms with Gasteiger partial charge in [-0.3, -0.25) is 9.59 Å². The number of aromatic nitrogens is 3. The van der Waals surface area contributed by atoms with Gasteiger partial charge in [0.05, 0.1) is 24.1 Å². The number of H-pyrrole nitrogens is 1. The summed E-state index contributed by atoms with van der Waals surface area (Å²) in [6, 6.07) is 8.77. The second-order valence-electron chi connectivity index (χ2n) is 4.37. The number of ether oxygens (including phenoxy) is 1. The van der Waals surface area contributed by atoms with Gasteiger partial charge in [0.2, 0.25) is 5.78 Å². The fraction of sp³-hybridized carbons (Fsp3) is 0.214. The van der Waals surface area contributed by atoms with Crippen LogP contribution >= 0.6 is 0 Å². The minimum Gasteiger partial charge on any atom is -0.466 e. The van der Waals surface area contributed by atoms with Gasteiger partial charge in [-0.05, 0) is 19.1 Å². The Morgan fingerprint density at radius 1 is 1.40 bits per heavy atom. The van der Waals surface area contributed by atoms with Crippen LogP contribution in [0.15, 0.2) is 35.1 Å². The lowest BCUT2D eigenvalue weighted by Crippen LogP contribution is -2.17. The average molecular weight is 271 g/mol. The molecule has 0 radical (unpaired) electrons. The van der Waals surface area contributed by atoms with Gasteiger partial charge in [-0.25, -0.2) is 9.38 Å². The number of benzene rings is 1. The molecule has 3 rings (SSSR count). The summed E-state index contributed by atoms with van der Waals surface area (Å²) < 4.78 is 6.36. The van der Waals surface area contributed by atoms with E-state index in [4.69, 9.17) is 4.74 Å². The maximum Gasteiger partial charge on any atom is 0.311 e. The summed E-state index contributed by atoms with van der Waals surface area (Å²) in [7, 11) is 0. The molecule has 2 aromatic heterocycles. The molecule has 3 aromatic rings. The lowest BCUT2D eigenvalue weighted by atomic mass is 10.3. The Bertz CT molecular complexity index is 848. The monoisotopic (exact) mass is 271 g/mol. The summed E-state index contributed by atoms with van der Waals surface area (Å²) >= 11 is 0. The van der Waals surface area contributed by atoms with Crippen LogP contribution in [-0.4, -0.2) is 26.9 Å². The fourth-order valence-corrected chi connectivity index (χ4v) is 2.19. The highest BCUT2D eigenvalue weighted by Crippen LogP contribution is 2.13. The van der Waals surface area contributed by atoms with E-state index >= 15 is 0 Å². The van der Waals surface area contributed by atoms with Crippen LogP contribution in [0.2, 0.25) is 0 Å². The Morgan fingerprint density at radius 3 is 3.00 bits per heavy atom. The van der Waals surface area contributed by atoms with Crippen LogP contribution in [0.3, 0.4) is 0 Å². The van der Waals surface area contributed by atoms with E-state index in [1.165, 1.54) is 10.5 Å². The van der Waals surface area contributed by atoms with Crippen molar-refractivity contribution >= 4 is 22.8 Å². The Labute approximate surface area is 114 Å². The van der Waals surface area contributed by atoms with Crippen LogP contribution in [0.4, 0.5) is 0 Å². The molecule has 0 saturated heterocycles. The van der Waals surface area contributed by atoms with Crippen molar-refractivity contribution in [1.82, 2.24) is 14.4 Å². The molecule has 6 heteroatoms. The number of carbonyl (C=O) groups excluding carboxylic acids is 1. The number of imidazole rings is 1. The van der Waals surface area contributed by atoms with Crippen molar-refractivity contribution in [3.8, 4) is 0 Å². The molecule has 0 spiro atoms. The summed E-state index contributed by atoms with van der Waals surface area (Å²) in [6.07, 6.45) is 0.0305. The molecule has 0 amide bonds. The van der Waals surface area contributed by atoms with Gasteiger partial charge in [-0.1, -0.05) is 12.1 Å². The molecule has 6 nitrogen and oxygen atoms in total. The number of esters is 1. The SMILES string of the molecule is CCOC(=O)Cc1cc(=O)n2c(nc3ccccc32)[nH]1. The molecular weight excluding hydrogens is 258 g/mol. The van der Waals surface area contributed by atoms with Gasteiger partial charge in [0, 0.05) is 11.8 Å². The number of fused-ring (bicyclic) bond motifs is 3. The van der Waals surface area contributed by atoms with Gasteiger partial charge in [0.15, 0.2) is 0 Å². The first-order valence-corrected chi connectivity index (χ1v) is 6.34. The maximum absolute atomic E-state index is 12.2. The van der Waals surface area contributed by atoms with Crippen LogP contribution < -0.4 is 5.56 Å². The van der Waals surface area contributed by atoms with Crippen molar-refractivity contribution in [3.63, 3.8) is 0 Å². The minimum atomic E-state index is -0.372. The molecule has 0 fully saturated rings. The molecule has 102 valence electrons. The van der Waals surface area contributed by atoms with E-state index in [9.17, 15) is 9.59 Å². The zero-order valence-electron chi connectivity index (χ0n) is 10.9. The van der Waals surface area contributed by atoms with Gasteiger partial charge in [0.1, 0.15) is 0 Å². The van der Waals surface area contributed by atoms with E-state index in [-0.39, 0.29) is 17.9 Å². The van der Waals surface area contributed by atoms with Crippen LogP contribution in [-0.2, 0) is 16.0 Å². The lowest BCUT2D eigenvalue weighted by molar-refractivity contribution is -0.142. The number of rotatable bonds is 3. The number of hydrogen-bond donors (Lipinski definition) is 1. The Kier molecular flexibility index (Phi) is 2.98. The Morgan fingerprint density at radius 2 is 2.20 bits per heavy atom. The number of hydrogen-bond acceptors (Lipinski definition) is 4. The lowest BCUT2D eigenvalue weighted by Gasteiger charge is -2.02. The molecule has 0 aliphatic carbocycles. The van der Waals surface area contributed by atoms with E-state index < -0.39 is 0 Å². The van der Waals surface area contributed by atoms with Gasteiger partial charge >= 0.3 is 5.97 Å². The summed E-state index contributed by atoms with van der Waals surface area (Å²) in [4.78, 5) is 31.0. The Balaban J connectivity index is 2.12. The van der Waals surface area contributed by atoms with Crippen molar-refractivity contribution in [2.24, 2.45) is 0 Å². The average Bonchev–Trinajstić information content (AvgIpc) is 2.77. The highest BCUT2D eigenvalue weighted by atomic mass is 16.5. The van der Waals surface area contributed by atoms with Crippen molar-refractivity contribution in [1.29, 1.82) is 0 Å².